The van der Waals surface area contributed by atoms with Gasteiger partial charge in [-0.25, -0.2) is 0 Å². The van der Waals surface area contributed by atoms with Gasteiger partial charge in [0.15, 0.2) is 0 Å². The number of nitrogens with two attached hydrogens (primary N) is 1. The molecule has 5 nitrogen and oxygen atoms in total. The molecule has 0 aromatic heterocycles. The zero-order valence-corrected chi connectivity index (χ0v) is 6.15. The second kappa shape index (κ2) is 3.59. The summed E-state index contributed by atoms with van der Waals surface area (Å²) in [5.74, 6) is 4.31. The first-order valence-corrected chi connectivity index (χ1v) is 3.22. The predicted molar refractivity (Wildman–Crippen MR) is 44.4 cm³/mol. The van der Waals surface area contributed by atoms with Crippen LogP contribution in [0.2, 0.25) is 0 Å². The van der Waals surface area contributed by atoms with E-state index in [1.165, 1.54) is 12.1 Å². The van der Waals surface area contributed by atoms with Crippen molar-refractivity contribution in [3.8, 4) is 0 Å². The third-order valence-electron chi connectivity index (χ3n) is 1.38. The maximum atomic E-state index is 10.7. The lowest BCUT2D eigenvalue weighted by Gasteiger charge is -1.98. The van der Waals surface area contributed by atoms with Crippen molar-refractivity contribution in [3.63, 3.8) is 0 Å². The molecule has 3 N–H and O–H groups in total. The molecular formula is C7H7N3O2. The van der Waals surface area contributed by atoms with E-state index >= 15 is 0 Å². The molecule has 0 fully saturated rings. The molecule has 0 spiro atoms. The Bertz CT molecular complexity index is 294. The lowest BCUT2D eigenvalue weighted by molar-refractivity contribution is 0.100. The van der Waals surface area contributed by atoms with Crippen LogP contribution in [0.3, 0.4) is 0 Å². The Morgan fingerprint density at radius 3 is 2.33 bits per heavy atom. The Morgan fingerprint density at radius 1 is 1.33 bits per heavy atom. The summed E-state index contributed by atoms with van der Waals surface area (Å²) in [6.07, 6.45) is 0. The van der Waals surface area contributed by atoms with Crippen molar-refractivity contribution < 1.29 is 4.79 Å². The number of anilines is 1. The molecule has 0 saturated carbocycles. The average molecular weight is 165 g/mol. The van der Waals surface area contributed by atoms with Crippen LogP contribution in [0.4, 0.5) is 5.69 Å². The predicted octanol–water partition coefficient (Wildman–Crippen LogP) is 0.879. The maximum absolute atomic E-state index is 10.7. The molecule has 0 heterocycles. The number of nitroso groups, excluding NO2 is 1. The van der Waals surface area contributed by atoms with Crippen LogP contribution >= 0.6 is 0 Å². The molecule has 0 aliphatic heterocycles. The van der Waals surface area contributed by atoms with Crippen LogP contribution in [0.25, 0.3) is 0 Å². The number of rotatable bonds is 2. The van der Waals surface area contributed by atoms with Crippen LogP contribution in [0.15, 0.2) is 29.4 Å². The largest absolute Gasteiger partial charge is 0.324 e. The second-order valence-corrected chi connectivity index (χ2v) is 2.12. The van der Waals surface area contributed by atoms with Gasteiger partial charge in [0.05, 0.1) is 0 Å². The van der Waals surface area contributed by atoms with E-state index in [9.17, 15) is 9.70 Å². The fourth-order valence-corrected chi connectivity index (χ4v) is 0.762. The summed E-state index contributed by atoms with van der Waals surface area (Å²) in [5, 5.41) is 2.27. The molecule has 1 rings (SSSR count). The first-order chi connectivity index (χ1) is 5.77. The van der Waals surface area contributed by atoms with E-state index in [4.69, 9.17) is 5.84 Å². The van der Waals surface area contributed by atoms with Gasteiger partial charge in [0, 0.05) is 16.4 Å². The number of carbonyl (C=O) groups excluding carboxylic acids is 1. The van der Waals surface area contributed by atoms with Crippen molar-refractivity contribution in [2.75, 3.05) is 5.43 Å². The van der Waals surface area contributed by atoms with Gasteiger partial charge in [0.2, 0.25) is 0 Å². The standard InChI is InChI=1S/C7H7N3O2/c8-9-6-3-1-5(2-4-6)7(11)10-12/h1-4,9H,8H2. The summed E-state index contributed by atoms with van der Waals surface area (Å²) in [7, 11) is 0. The first kappa shape index (κ1) is 8.35. The monoisotopic (exact) mass is 165 g/mol. The van der Waals surface area contributed by atoms with Gasteiger partial charge in [-0.05, 0) is 24.3 Å². The zero-order chi connectivity index (χ0) is 8.97. The van der Waals surface area contributed by atoms with Crippen molar-refractivity contribution in [2.45, 2.75) is 0 Å². The Kier molecular flexibility index (Phi) is 2.49. The lowest BCUT2D eigenvalue weighted by atomic mass is 10.2. The molecule has 0 atom stereocenters. The zero-order valence-electron chi connectivity index (χ0n) is 6.15. The van der Waals surface area contributed by atoms with Crippen molar-refractivity contribution in [1.29, 1.82) is 0 Å². The molecule has 5 heteroatoms. The van der Waals surface area contributed by atoms with E-state index in [1.807, 2.05) is 0 Å². The first-order valence-electron chi connectivity index (χ1n) is 3.22. The summed E-state index contributed by atoms with van der Waals surface area (Å²) in [6.45, 7) is 0. The van der Waals surface area contributed by atoms with Crippen LogP contribution in [0.5, 0.6) is 0 Å². The number of hydrogen-bond donors (Lipinski definition) is 2. The molecule has 1 aromatic carbocycles. The van der Waals surface area contributed by atoms with Gasteiger partial charge in [0.25, 0.3) is 0 Å². The van der Waals surface area contributed by atoms with Gasteiger partial charge in [-0.1, -0.05) is 0 Å². The van der Waals surface area contributed by atoms with Crippen LogP contribution in [-0.4, -0.2) is 5.91 Å². The van der Waals surface area contributed by atoms with Gasteiger partial charge >= 0.3 is 5.91 Å². The Labute approximate surface area is 68.5 Å². The van der Waals surface area contributed by atoms with Crippen molar-refractivity contribution >= 4 is 11.6 Å². The molecule has 62 valence electrons. The van der Waals surface area contributed by atoms with E-state index in [-0.39, 0.29) is 5.56 Å². The van der Waals surface area contributed by atoms with E-state index in [0.29, 0.717) is 5.69 Å². The van der Waals surface area contributed by atoms with Crippen LogP contribution in [-0.2, 0) is 0 Å². The van der Waals surface area contributed by atoms with Gasteiger partial charge in [0.1, 0.15) is 0 Å². The fraction of sp³-hybridized carbons (Fsp3) is 0. The van der Waals surface area contributed by atoms with E-state index in [0.717, 1.165) is 0 Å². The van der Waals surface area contributed by atoms with Crippen LogP contribution < -0.4 is 11.3 Å². The second-order valence-electron chi connectivity index (χ2n) is 2.12. The Balaban J connectivity index is 2.91. The van der Waals surface area contributed by atoms with Crippen molar-refractivity contribution in [2.24, 2.45) is 11.0 Å². The molecule has 1 amide bonds. The molecular weight excluding hydrogens is 158 g/mol. The average Bonchev–Trinajstić information content (AvgIpc) is 2.17. The van der Waals surface area contributed by atoms with Crippen molar-refractivity contribution in [3.05, 3.63) is 34.7 Å². The SMILES string of the molecule is NNc1ccc(C(=O)N=O)cc1. The normalized spacial score (nSPS) is 9.08. The van der Waals surface area contributed by atoms with Gasteiger partial charge in [-0.3, -0.25) is 10.6 Å². The summed E-state index contributed by atoms with van der Waals surface area (Å²) in [6, 6.07) is 6.11. The molecule has 0 saturated heterocycles. The molecule has 0 unspecified atom stereocenters. The highest BCUT2D eigenvalue weighted by Gasteiger charge is 2.03. The Hall–Kier alpha value is -1.75. The molecule has 0 bridgehead atoms. The number of nitrogens with zero attached hydrogens (tertiary/aromatic N) is 1. The molecule has 0 aliphatic rings. The highest BCUT2D eigenvalue weighted by atomic mass is 16.3. The number of amides is 1. The maximum Gasteiger partial charge on any atom is 0.316 e. The number of nitrogens with one attached hydrogen (secondary N) is 1. The minimum atomic E-state index is -0.779. The summed E-state index contributed by atoms with van der Waals surface area (Å²) in [5.41, 5.74) is 3.31. The number of benzene rings is 1. The summed E-state index contributed by atoms with van der Waals surface area (Å²) in [4.78, 5) is 20.5. The quantitative estimate of drug-likeness (QED) is 0.387. The smallest absolute Gasteiger partial charge is 0.316 e. The molecule has 12 heavy (non-hydrogen) atoms. The fourth-order valence-electron chi connectivity index (χ4n) is 0.762. The number of hydrazine groups is 1. The van der Waals surface area contributed by atoms with Gasteiger partial charge in [-0.15, -0.1) is 4.91 Å². The van der Waals surface area contributed by atoms with Crippen LogP contribution in [0, 0.1) is 4.91 Å². The number of hydrogen-bond acceptors (Lipinski definition) is 4. The summed E-state index contributed by atoms with van der Waals surface area (Å²) < 4.78 is 0. The molecule has 1 aromatic rings. The van der Waals surface area contributed by atoms with Gasteiger partial charge in [-0.2, -0.15) is 0 Å². The molecule has 0 aliphatic carbocycles. The minimum Gasteiger partial charge on any atom is -0.324 e. The Morgan fingerprint density at radius 2 is 1.92 bits per heavy atom. The molecule has 0 radical (unpaired) electrons. The minimum absolute atomic E-state index is 0.254. The van der Waals surface area contributed by atoms with Crippen LogP contribution in [0.1, 0.15) is 10.4 Å². The van der Waals surface area contributed by atoms with E-state index < -0.39 is 5.91 Å². The number of carbonyl (C=O) groups is 1. The van der Waals surface area contributed by atoms with E-state index in [2.05, 4.69) is 10.6 Å². The highest BCUT2D eigenvalue weighted by Crippen LogP contribution is 2.08. The topological polar surface area (TPSA) is 84.5 Å². The lowest BCUT2D eigenvalue weighted by Crippen LogP contribution is -2.06. The highest BCUT2D eigenvalue weighted by molar-refractivity contribution is 5.95. The van der Waals surface area contributed by atoms with E-state index in [1.54, 1.807) is 12.1 Å². The van der Waals surface area contributed by atoms with Crippen molar-refractivity contribution in [1.82, 2.24) is 0 Å². The number of nitrogen functional groups attached to an aromatic ring is 1. The summed E-state index contributed by atoms with van der Waals surface area (Å²) >= 11 is 0. The van der Waals surface area contributed by atoms with Gasteiger partial charge < -0.3 is 5.43 Å². The third-order valence-corrected chi connectivity index (χ3v) is 1.38. The third kappa shape index (κ3) is 1.64.